The first-order chi connectivity index (χ1) is 6.16. The van der Waals surface area contributed by atoms with Crippen molar-refractivity contribution in [1.82, 2.24) is 0 Å². The first-order valence-electron chi connectivity index (χ1n) is 3.87. The van der Waals surface area contributed by atoms with Gasteiger partial charge in [-0.2, -0.15) is 5.26 Å². The van der Waals surface area contributed by atoms with Crippen LogP contribution < -0.4 is 0 Å². The monoisotopic (exact) mass is 193 g/mol. The third-order valence-corrected chi connectivity index (χ3v) is 4.24. The summed E-state index contributed by atoms with van der Waals surface area (Å²) < 4.78 is 23.2. The molecule has 1 heterocycles. The van der Waals surface area contributed by atoms with Crippen molar-refractivity contribution in [2.24, 2.45) is 0 Å². The quantitative estimate of drug-likeness (QED) is 0.615. The summed E-state index contributed by atoms with van der Waals surface area (Å²) in [6.07, 6.45) is 0.328. The minimum absolute atomic E-state index is 0.321. The molecule has 2 rings (SSSR count). The predicted molar refractivity (Wildman–Crippen MR) is 46.7 cm³/mol. The van der Waals surface area contributed by atoms with Gasteiger partial charge in [-0.05, 0) is 11.6 Å². The van der Waals surface area contributed by atoms with Crippen molar-refractivity contribution in [3.05, 3.63) is 29.8 Å². The van der Waals surface area contributed by atoms with Crippen molar-refractivity contribution in [2.45, 2.75) is 16.6 Å². The van der Waals surface area contributed by atoms with Crippen LogP contribution in [0, 0.1) is 11.3 Å². The van der Waals surface area contributed by atoms with Crippen molar-refractivity contribution in [2.75, 3.05) is 0 Å². The van der Waals surface area contributed by atoms with Crippen LogP contribution in [0.5, 0.6) is 0 Å². The zero-order valence-electron chi connectivity index (χ0n) is 6.77. The molecule has 1 atom stereocenters. The van der Waals surface area contributed by atoms with Gasteiger partial charge in [-0.3, -0.25) is 0 Å². The molecule has 13 heavy (non-hydrogen) atoms. The van der Waals surface area contributed by atoms with E-state index in [2.05, 4.69) is 0 Å². The molecule has 3 nitrogen and oxygen atoms in total. The summed E-state index contributed by atoms with van der Waals surface area (Å²) in [5, 5.41) is 7.76. The molecule has 1 aliphatic heterocycles. The highest BCUT2D eigenvalue weighted by Crippen LogP contribution is 2.30. The number of fused-ring (bicyclic) bond motifs is 1. The molecule has 1 aromatic carbocycles. The lowest BCUT2D eigenvalue weighted by Gasteiger charge is -1.96. The number of rotatable bonds is 0. The number of sulfone groups is 1. The fourth-order valence-corrected chi connectivity index (χ4v) is 3.16. The van der Waals surface area contributed by atoms with Crippen LogP contribution in [0.4, 0.5) is 0 Å². The molecule has 66 valence electrons. The number of benzene rings is 1. The second-order valence-corrected chi connectivity index (χ2v) is 5.07. The van der Waals surface area contributed by atoms with Crippen LogP contribution in [0.1, 0.15) is 5.56 Å². The van der Waals surface area contributed by atoms with Crippen LogP contribution >= 0.6 is 0 Å². The molecule has 0 radical (unpaired) electrons. The Morgan fingerprint density at radius 2 is 2.08 bits per heavy atom. The van der Waals surface area contributed by atoms with Gasteiger partial charge < -0.3 is 0 Å². The normalized spacial score (nSPS) is 23.5. The van der Waals surface area contributed by atoms with Crippen LogP contribution in [0.15, 0.2) is 29.2 Å². The van der Waals surface area contributed by atoms with E-state index in [4.69, 9.17) is 5.26 Å². The first-order valence-corrected chi connectivity index (χ1v) is 5.42. The standard InChI is InChI=1S/C9H7NO2S/c10-6-8-5-7-3-1-2-4-9(7)13(8,11)12/h1-4,8H,5H2. The molecular weight excluding hydrogens is 186 g/mol. The summed E-state index contributed by atoms with van der Waals surface area (Å²) in [6, 6.07) is 8.59. The molecule has 1 aromatic rings. The topological polar surface area (TPSA) is 57.9 Å². The van der Waals surface area contributed by atoms with Gasteiger partial charge in [0.15, 0.2) is 15.1 Å². The van der Waals surface area contributed by atoms with Gasteiger partial charge in [-0.25, -0.2) is 8.42 Å². The van der Waals surface area contributed by atoms with Crippen molar-refractivity contribution in [3.8, 4) is 6.07 Å². The second-order valence-electron chi connectivity index (χ2n) is 2.97. The molecule has 0 spiro atoms. The lowest BCUT2D eigenvalue weighted by Crippen LogP contribution is -2.13. The van der Waals surface area contributed by atoms with Gasteiger partial charge in [-0.1, -0.05) is 18.2 Å². The van der Waals surface area contributed by atoms with Crippen molar-refractivity contribution < 1.29 is 8.42 Å². The van der Waals surface area contributed by atoms with E-state index < -0.39 is 15.1 Å². The van der Waals surface area contributed by atoms with E-state index in [9.17, 15) is 8.42 Å². The highest BCUT2D eigenvalue weighted by atomic mass is 32.2. The van der Waals surface area contributed by atoms with Crippen molar-refractivity contribution in [3.63, 3.8) is 0 Å². The molecule has 4 heteroatoms. The third kappa shape index (κ3) is 1.04. The maximum absolute atomic E-state index is 11.6. The average Bonchev–Trinajstić information content (AvgIpc) is 2.39. The average molecular weight is 193 g/mol. The van der Waals surface area contributed by atoms with E-state index in [0.717, 1.165) is 5.56 Å². The summed E-state index contributed by atoms with van der Waals surface area (Å²) in [7, 11) is -3.36. The molecule has 0 saturated carbocycles. The summed E-state index contributed by atoms with van der Waals surface area (Å²) in [4.78, 5) is 0.321. The number of hydrogen-bond donors (Lipinski definition) is 0. The smallest absolute Gasteiger partial charge is 0.195 e. The van der Waals surface area contributed by atoms with E-state index >= 15 is 0 Å². The van der Waals surface area contributed by atoms with Crippen LogP contribution in [-0.2, 0) is 16.3 Å². The molecule has 1 unspecified atom stereocenters. The Hall–Kier alpha value is -1.34. The zero-order valence-corrected chi connectivity index (χ0v) is 7.58. The molecule has 0 amide bonds. The van der Waals surface area contributed by atoms with E-state index in [0.29, 0.717) is 11.3 Å². The van der Waals surface area contributed by atoms with Gasteiger partial charge in [0.05, 0.1) is 11.0 Å². The maximum Gasteiger partial charge on any atom is 0.195 e. The largest absolute Gasteiger partial charge is 0.222 e. The molecule has 0 saturated heterocycles. The van der Waals surface area contributed by atoms with E-state index in [1.54, 1.807) is 24.3 Å². The molecule has 0 bridgehead atoms. The van der Waals surface area contributed by atoms with Crippen molar-refractivity contribution in [1.29, 1.82) is 5.26 Å². The minimum Gasteiger partial charge on any atom is -0.222 e. The number of nitriles is 1. The maximum atomic E-state index is 11.6. The van der Waals surface area contributed by atoms with Gasteiger partial charge >= 0.3 is 0 Å². The third-order valence-electron chi connectivity index (χ3n) is 2.20. The Morgan fingerprint density at radius 3 is 2.69 bits per heavy atom. The SMILES string of the molecule is N#CC1Cc2ccccc2S1(=O)=O. The fraction of sp³-hybridized carbons (Fsp3) is 0.222. The summed E-state index contributed by atoms with van der Waals surface area (Å²) in [5.41, 5.74) is 0.758. The Bertz CT molecular complexity index is 485. The molecule has 1 aliphatic rings. The molecule has 0 aromatic heterocycles. The lowest BCUT2D eigenvalue weighted by molar-refractivity contribution is 0.595. The van der Waals surface area contributed by atoms with Gasteiger partial charge in [0, 0.05) is 6.42 Å². The Morgan fingerprint density at radius 1 is 1.38 bits per heavy atom. The Balaban J connectivity index is 2.69. The highest BCUT2D eigenvalue weighted by Gasteiger charge is 2.36. The lowest BCUT2D eigenvalue weighted by atomic mass is 10.1. The molecule has 0 fully saturated rings. The van der Waals surface area contributed by atoms with Crippen LogP contribution in [-0.4, -0.2) is 13.7 Å². The minimum atomic E-state index is -3.36. The van der Waals surface area contributed by atoms with Gasteiger partial charge in [0.2, 0.25) is 0 Å². The summed E-state index contributed by atoms with van der Waals surface area (Å²) in [5.74, 6) is 0. The van der Waals surface area contributed by atoms with Gasteiger partial charge in [0.1, 0.15) is 0 Å². The Labute approximate surface area is 76.5 Å². The van der Waals surface area contributed by atoms with E-state index in [1.165, 1.54) is 0 Å². The fourth-order valence-electron chi connectivity index (χ4n) is 1.53. The van der Waals surface area contributed by atoms with Crippen LogP contribution in [0.25, 0.3) is 0 Å². The Kier molecular flexibility index (Phi) is 1.64. The summed E-state index contributed by atoms with van der Waals surface area (Å²) in [6.45, 7) is 0. The number of hydrogen-bond acceptors (Lipinski definition) is 3. The first kappa shape index (κ1) is 8.27. The van der Waals surface area contributed by atoms with E-state index in [-0.39, 0.29) is 0 Å². The molecule has 0 N–H and O–H groups in total. The van der Waals surface area contributed by atoms with Crippen LogP contribution in [0.3, 0.4) is 0 Å². The summed E-state index contributed by atoms with van der Waals surface area (Å²) >= 11 is 0. The van der Waals surface area contributed by atoms with Crippen LogP contribution in [0.2, 0.25) is 0 Å². The van der Waals surface area contributed by atoms with Gasteiger partial charge in [-0.15, -0.1) is 0 Å². The highest BCUT2D eigenvalue weighted by molar-refractivity contribution is 7.92. The number of nitrogens with zero attached hydrogens (tertiary/aromatic N) is 1. The molecule has 0 aliphatic carbocycles. The van der Waals surface area contributed by atoms with Crippen molar-refractivity contribution >= 4 is 9.84 Å². The van der Waals surface area contributed by atoms with Gasteiger partial charge in [0.25, 0.3) is 0 Å². The van der Waals surface area contributed by atoms with E-state index in [1.807, 2.05) is 6.07 Å². The predicted octanol–water partition coefficient (Wildman–Crippen LogP) is 0.909. The second kappa shape index (κ2) is 2.57. The zero-order chi connectivity index (χ0) is 9.47. The molecular formula is C9H7NO2S.